The highest BCUT2D eigenvalue weighted by atomic mass is 32.2. The van der Waals surface area contributed by atoms with Gasteiger partial charge >= 0.3 is 0 Å². The van der Waals surface area contributed by atoms with Crippen LogP contribution in [0.25, 0.3) is 0 Å². The number of nitriles is 1. The molecule has 0 aliphatic carbocycles. The molecular weight excluding hydrogens is 160 g/mol. The molecule has 1 aromatic heterocycles. The molecule has 1 rings (SSSR count). The molecule has 0 aliphatic rings. The van der Waals surface area contributed by atoms with Crippen molar-refractivity contribution in [1.82, 2.24) is 14.8 Å². The van der Waals surface area contributed by atoms with Crippen molar-refractivity contribution >= 4 is 11.8 Å². The molecule has 0 N–H and O–H groups in total. The van der Waals surface area contributed by atoms with Crippen LogP contribution in [0.4, 0.5) is 0 Å². The molecule has 0 bridgehead atoms. The second-order valence-corrected chi connectivity index (χ2v) is 2.94. The summed E-state index contributed by atoms with van der Waals surface area (Å²) in [7, 11) is 0. The monoisotopic (exact) mass is 168 g/mol. The van der Waals surface area contributed by atoms with E-state index in [1.165, 1.54) is 0 Å². The third-order valence-electron chi connectivity index (χ3n) is 1.25. The molecule has 0 radical (unpaired) electrons. The molecule has 11 heavy (non-hydrogen) atoms. The lowest BCUT2D eigenvalue weighted by atomic mass is 10.6. The van der Waals surface area contributed by atoms with Crippen LogP contribution < -0.4 is 0 Å². The molecule has 0 saturated carbocycles. The first-order valence-corrected chi connectivity index (χ1v) is 4.54. The number of hydrogen-bond donors (Lipinski definition) is 0. The Morgan fingerprint density at radius 2 is 2.64 bits per heavy atom. The Labute approximate surface area is 69.2 Å². The third kappa shape index (κ3) is 1.95. The molecule has 1 heterocycles. The van der Waals surface area contributed by atoms with Crippen molar-refractivity contribution in [3.8, 4) is 6.07 Å². The van der Waals surface area contributed by atoms with E-state index in [1.54, 1.807) is 22.7 Å². The molecule has 0 spiro atoms. The van der Waals surface area contributed by atoms with Crippen molar-refractivity contribution in [2.45, 2.75) is 6.54 Å². The van der Waals surface area contributed by atoms with Gasteiger partial charge in [0.1, 0.15) is 12.4 Å². The molecule has 0 saturated heterocycles. The smallest absolute Gasteiger partial charge is 0.234 e. The number of thioether (sulfide) groups is 1. The summed E-state index contributed by atoms with van der Waals surface area (Å²) in [5.74, 6) is 1.37. The summed E-state index contributed by atoms with van der Waals surface area (Å²) in [6.07, 6.45) is 3.60. The number of aryl methyl sites for hydroxylation is 1. The summed E-state index contributed by atoms with van der Waals surface area (Å²) in [5, 5.41) is 15.8. The van der Waals surface area contributed by atoms with Gasteiger partial charge in [-0.1, -0.05) is 0 Å². The zero-order chi connectivity index (χ0) is 8.10. The summed E-state index contributed by atoms with van der Waals surface area (Å²) in [6, 6.07) is 1.96. The SMILES string of the molecule is CSCCn1cnnc1C#N. The topological polar surface area (TPSA) is 54.5 Å². The average Bonchev–Trinajstić information content (AvgIpc) is 2.47. The van der Waals surface area contributed by atoms with Crippen molar-refractivity contribution in [3.63, 3.8) is 0 Å². The van der Waals surface area contributed by atoms with Crippen LogP contribution in [0.3, 0.4) is 0 Å². The standard InChI is InChI=1S/C6H8N4S/c1-11-3-2-10-5-8-9-6(10)4-7/h5H,2-3H2,1H3. The number of hydrogen-bond acceptors (Lipinski definition) is 4. The molecule has 0 fully saturated rings. The van der Waals surface area contributed by atoms with Crippen molar-refractivity contribution in [1.29, 1.82) is 5.26 Å². The van der Waals surface area contributed by atoms with Crippen LogP contribution in [-0.4, -0.2) is 26.8 Å². The Bertz CT molecular complexity index is 262. The van der Waals surface area contributed by atoms with E-state index in [0.29, 0.717) is 5.82 Å². The van der Waals surface area contributed by atoms with Crippen molar-refractivity contribution in [2.24, 2.45) is 0 Å². The maximum absolute atomic E-state index is 8.53. The van der Waals surface area contributed by atoms with Gasteiger partial charge in [-0.05, 0) is 6.26 Å². The van der Waals surface area contributed by atoms with E-state index >= 15 is 0 Å². The van der Waals surface area contributed by atoms with Crippen molar-refractivity contribution in [2.75, 3.05) is 12.0 Å². The Balaban J connectivity index is 2.63. The number of rotatable bonds is 3. The molecule has 0 aromatic carbocycles. The van der Waals surface area contributed by atoms with E-state index < -0.39 is 0 Å². The summed E-state index contributed by atoms with van der Waals surface area (Å²) in [5.41, 5.74) is 0. The first-order valence-electron chi connectivity index (χ1n) is 3.15. The fourth-order valence-corrected chi connectivity index (χ4v) is 1.07. The van der Waals surface area contributed by atoms with Crippen LogP contribution >= 0.6 is 11.8 Å². The average molecular weight is 168 g/mol. The van der Waals surface area contributed by atoms with Crippen LogP contribution in [-0.2, 0) is 6.54 Å². The Morgan fingerprint density at radius 1 is 1.82 bits per heavy atom. The minimum atomic E-state index is 0.388. The van der Waals surface area contributed by atoms with Gasteiger partial charge in [-0.3, -0.25) is 0 Å². The summed E-state index contributed by atoms with van der Waals surface area (Å²) >= 11 is 1.73. The molecule has 4 nitrogen and oxygen atoms in total. The minimum absolute atomic E-state index is 0.388. The van der Waals surface area contributed by atoms with Crippen LogP contribution in [0.1, 0.15) is 5.82 Å². The third-order valence-corrected chi connectivity index (χ3v) is 1.84. The normalized spacial score (nSPS) is 9.45. The first-order chi connectivity index (χ1) is 5.38. The van der Waals surface area contributed by atoms with Gasteiger partial charge in [0.15, 0.2) is 0 Å². The van der Waals surface area contributed by atoms with Gasteiger partial charge in [-0.2, -0.15) is 17.0 Å². The second-order valence-electron chi connectivity index (χ2n) is 1.95. The van der Waals surface area contributed by atoms with Crippen LogP contribution in [0.2, 0.25) is 0 Å². The lowest BCUT2D eigenvalue weighted by Crippen LogP contribution is -2.01. The summed E-state index contributed by atoms with van der Waals surface area (Å²) in [4.78, 5) is 0. The molecule has 5 heteroatoms. The predicted octanol–water partition coefficient (Wildman–Crippen LogP) is 0.513. The second kappa shape index (κ2) is 3.98. The largest absolute Gasteiger partial charge is 0.304 e. The van der Waals surface area contributed by atoms with E-state index in [9.17, 15) is 0 Å². The van der Waals surface area contributed by atoms with Gasteiger partial charge in [-0.15, -0.1) is 10.2 Å². The first kappa shape index (κ1) is 8.08. The minimum Gasteiger partial charge on any atom is -0.304 e. The highest BCUT2D eigenvalue weighted by Gasteiger charge is 1.99. The van der Waals surface area contributed by atoms with Gasteiger partial charge < -0.3 is 4.57 Å². The van der Waals surface area contributed by atoms with E-state index in [1.807, 2.05) is 12.3 Å². The summed E-state index contributed by atoms with van der Waals surface area (Å²) in [6.45, 7) is 0.803. The van der Waals surface area contributed by atoms with Crippen molar-refractivity contribution < 1.29 is 0 Å². The Hall–Kier alpha value is -1.02. The van der Waals surface area contributed by atoms with E-state index in [0.717, 1.165) is 12.3 Å². The van der Waals surface area contributed by atoms with E-state index in [-0.39, 0.29) is 0 Å². The lowest BCUT2D eigenvalue weighted by Gasteiger charge is -1.97. The maximum atomic E-state index is 8.53. The van der Waals surface area contributed by atoms with E-state index in [2.05, 4.69) is 10.2 Å². The van der Waals surface area contributed by atoms with Crippen LogP contribution in [0, 0.1) is 11.3 Å². The fourth-order valence-electron chi connectivity index (χ4n) is 0.695. The van der Waals surface area contributed by atoms with Gasteiger partial charge in [-0.25, -0.2) is 0 Å². The summed E-state index contributed by atoms with van der Waals surface area (Å²) < 4.78 is 1.75. The number of aromatic nitrogens is 3. The zero-order valence-electron chi connectivity index (χ0n) is 6.19. The van der Waals surface area contributed by atoms with Gasteiger partial charge in [0.25, 0.3) is 0 Å². The molecule has 0 amide bonds. The molecule has 0 atom stereocenters. The van der Waals surface area contributed by atoms with Crippen LogP contribution in [0.15, 0.2) is 6.33 Å². The quantitative estimate of drug-likeness (QED) is 0.660. The predicted molar refractivity (Wildman–Crippen MR) is 43.1 cm³/mol. The molecular formula is C6H8N4S. The molecule has 58 valence electrons. The zero-order valence-corrected chi connectivity index (χ0v) is 7.01. The molecule has 0 aliphatic heterocycles. The number of nitrogens with zero attached hydrogens (tertiary/aromatic N) is 4. The highest BCUT2D eigenvalue weighted by molar-refractivity contribution is 7.98. The lowest BCUT2D eigenvalue weighted by molar-refractivity contribution is 0.755. The van der Waals surface area contributed by atoms with Gasteiger partial charge in [0.05, 0.1) is 0 Å². The van der Waals surface area contributed by atoms with Crippen molar-refractivity contribution in [3.05, 3.63) is 12.2 Å². The van der Waals surface area contributed by atoms with Gasteiger partial charge in [0, 0.05) is 12.3 Å². The highest BCUT2D eigenvalue weighted by Crippen LogP contribution is 1.97. The fraction of sp³-hybridized carbons (Fsp3) is 0.500. The molecule has 0 unspecified atom stereocenters. The maximum Gasteiger partial charge on any atom is 0.234 e. The van der Waals surface area contributed by atoms with E-state index in [4.69, 9.17) is 5.26 Å². The van der Waals surface area contributed by atoms with Gasteiger partial charge in [0.2, 0.25) is 5.82 Å². The Kier molecular flexibility index (Phi) is 2.93. The Morgan fingerprint density at radius 3 is 3.27 bits per heavy atom. The van der Waals surface area contributed by atoms with Crippen LogP contribution in [0.5, 0.6) is 0 Å². The molecule has 1 aromatic rings.